The fourth-order valence-corrected chi connectivity index (χ4v) is 3.21. The molecule has 0 spiro atoms. The molecule has 6 nitrogen and oxygen atoms in total. The van der Waals surface area contributed by atoms with E-state index in [0.29, 0.717) is 6.61 Å². The van der Waals surface area contributed by atoms with Crippen molar-refractivity contribution in [3.63, 3.8) is 0 Å². The average molecular weight is 308 g/mol. The quantitative estimate of drug-likeness (QED) is 0.743. The summed E-state index contributed by atoms with van der Waals surface area (Å²) in [6.45, 7) is 14.3. The number of rotatable bonds is 6. The molecule has 1 aromatic rings. The van der Waals surface area contributed by atoms with E-state index in [1.165, 1.54) is 0 Å². The molecule has 1 aliphatic rings. The molecule has 2 heterocycles. The molecule has 1 fully saturated rings. The van der Waals surface area contributed by atoms with Gasteiger partial charge in [-0.15, -0.1) is 0 Å². The predicted octanol–water partition coefficient (Wildman–Crippen LogP) is 1.36. The molecule has 2 rings (SSSR count). The monoisotopic (exact) mass is 308 g/mol. The maximum absolute atomic E-state index is 11.6. The lowest BCUT2D eigenvalue weighted by molar-refractivity contribution is -0.144. The highest BCUT2D eigenvalue weighted by Gasteiger charge is 2.32. The molecule has 1 saturated heterocycles. The molecule has 1 aliphatic heterocycles. The van der Waals surface area contributed by atoms with Gasteiger partial charge in [0.25, 0.3) is 0 Å². The summed E-state index contributed by atoms with van der Waals surface area (Å²) in [7, 11) is 0. The van der Waals surface area contributed by atoms with Gasteiger partial charge in [-0.1, -0.05) is 6.92 Å². The molecule has 0 saturated carbocycles. The van der Waals surface area contributed by atoms with Crippen LogP contribution in [0.1, 0.15) is 33.4 Å². The number of hydrogen-bond donors (Lipinski definition) is 0. The van der Waals surface area contributed by atoms with Crippen molar-refractivity contribution < 1.29 is 9.53 Å². The van der Waals surface area contributed by atoms with Crippen molar-refractivity contribution in [2.75, 3.05) is 32.8 Å². The molecule has 0 aromatic carbocycles. The van der Waals surface area contributed by atoms with Gasteiger partial charge in [0.1, 0.15) is 6.54 Å². The number of carbonyl (C=O) groups is 1. The zero-order chi connectivity index (χ0) is 16.2. The summed E-state index contributed by atoms with van der Waals surface area (Å²) in [5.74, 6) is -0.233. The Balaban J connectivity index is 1.97. The van der Waals surface area contributed by atoms with Crippen molar-refractivity contribution in [3.8, 4) is 0 Å². The van der Waals surface area contributed by atoms with Crippen LogP contribution in [0.15, 0.2) is 12.3 Å². The second kappa shape index (κ2) is 7.24. The SMILES string of the molecule is CCOC(=O)Cn1nccc1CN1CCN(CC)C(C)(C)C1. The Kier molecular flexibility index (Phi) is 5.58. The van der Waals surface area contributed by atoms with E-state index in [-0.39, 0.29) is 18.1 Å². The van der Waals surface area contributed by atoms with Crippen molar-refractivity contribution in [3.05, 3.63) is 18.0 Å². The van der Waals surface area contributed by atoms with Crippen LogP contribution in [-0.4, -0.2) is 63.9 Å². The van der Waals surface area contributed by atoms with Crippen LogP contribution in [-0.2, 0) is 22.6 Å². The van der Waals surface area contributed by atoms with Gasteiger partial charge in [-0.3, -0.25) is 19.3 Å². The highest BCUT2D eigenvalue weighted by Crippen LogP contribution is 2.21. The molecule has 0 N–H and O–H groups in total. The first-order chi connectivity index (χ1) is 10.5. The lowest BCUT2D eigenvalue weighted by atomic mass is 9.99. The summed E-state index contributed by atoms with van der Waals surface area (Å²) >= 11 is 0. The molecule has 6 heteroatoms. The molecular weight excluding hydrogens is 280 g/mol. The lowest BCUT2D eigenvalue weighted by Crippen LogP contribution is -2.58. The summed E-state index contributed by atoms with van der Waals surface area (Å²) < 4.78 is 6.75. The summed E-state index contributed by atoms with van der Waals surface area (Å²) in [4.78, 5) is 16.6. The van der Waals surface area contributed by atoms with Gasteiger partial charge in [0, 0.05) is 37.9 Å². The van der Waals surface area contributed by atoms with Gasteiger partial charge in [0.2, 0.25) is 0 Å². The maximum atomic E-state index is 11.6. The van der Waals surface area contributed by atoms with Gasteiger partial charge >= 0.3 is 5.97 Å². The van der Waals surface area contributed by atoms with E-state index in [4.69, 9.17) is 4.74 Å². The third kappa shape index (κ3) is 4.08. The predicted molar refractivity (Wildman–Crippen MR) is 85.5 cm³/mol. The molecule has 0 bridgehead atoms. The van der Waals surface area contributed by atoms with E-state index in [0.717, 1.165) is 38.4 Å². The van der Waals surface area contributed by atoms with E-state index in [9.17, 15) is 4.79 Å². The maximum Gasteiger partial charge on any atom is 0.327 e. The molecule has 1 aromatic heterocycles. The van der Waals surface area contributed by atoms with Crippen LogP contribution in [0.3, 0.4) is 0 Å². The van der Waals surface area contributed by atoms with Gasteiger partial charge in [-0.2, -0.15) is 5.10 Å². The van der Waals surface area contributed by atoms with Gasteiger partial charge in [0.15, 0.2) is 0 Å². The standard InChI is InChI=1S/C16H28N4O2/c1-5-19-10-9-18(13-16(19,3)4)11-14-7-8-17-20(14)12-15(21)22-6-2/h7-8H,5-6,9-13H2,1-4H3. The number of nitrogens with zero attached hydrogens (tertiary/aromatic N) is 4. The molecule has 0 radical (unpaired) electrons. The first-order valence-electron chi connectivity index (χ1n) is 8.10. The van der Waals surface area contributed by atoms with E-state index >= 15 is 0 Å². The van der Waals surface area contributed by atoms with Crippen LogP contribution in [0, 0.1) is 0 Å². The minimum atomic E-state index is -0.233. The fraction of sp³-hybridized carbons (Fsp3) is 0.750. The Labute approximate surface area is 133 Å². The zero-order valence-corrected chi connectivity index (χ0v) is 14.2. The summed E-state index contributed by atoms with van der Waals surface area (Å²) in [6, 6.07) is 1.98. The lowest BCUT2D eigenvalue weighted by Gasteiger charge is -2.46. The smallest absolute Gasteiger partial charge is 0.327 e. The van der Waals surface area contributed by atoms with Crippen molar-refractivity contribution in [1.29, 1.82) is 0 Å². The van der Waals surface area contributed by atoms with E-state index in [1.54, 1.807) is 10.9 Å². The van der Waals surface area contributed by atoms with Crippen molar-refractivity contribution in [2.45, 2.75) is 46.3 Å². The Morgan fingerprint density at radius 2 is 2.14 bits per heavy atom. The Hall–Kier alpha value is -1.40. The summed E-state index contributed by atoms with van der Waals surface area (Å²) in [6.07, 6.45) is 1.75. The Morgan fingerprint density at radius 3 is 2.77 bits per heavy atom. The van der Waals surface area contributed by atoms with Gasteiger partial charge in [-0.25, -0.2) is 0 Å². The molecule has 0 aliphatic carbocycles. The van der Waals surface area contributed by atoms with E-state index in [1.807, 2.05) is 13.0 Å². The Bertz CT molecular complexity index is 498. The number of likely N-dealkylation sites (N-methyl/N-ethyl adjacent to an activating group) is 1. The van der Waals surface area contributed by atoms with Gasteiger partial charge < -0.3 is 4.74 Å². The van der Waals surface area contributed by atoms with Crippen LogP contribution in [0.4, 0.5) is 0 Å². The van der Waals surface area contributed by atoms with Crippen molar-refractivity contribution >= 4 is 5.97 Å². The summed E-state index contributed by atoms with van der Waals surface area (Å²) in [5.41, 5.74) is 1.24. The first kappa shape index (κ1) is 17.0. The van der Waals surface area contributed by atoms with Crippen LogP contribution >= 0.6 is 0 Å². The highest BCUT2D eigenvalue weighted by molar-refractivity contribution is 5.69. The van der Waals surface area contributed by atoms with Crippen LogP contribution < -0.4 is 0 Å². The molecule has 0 unspecified atom stereocenters. The summed E-state index contributed by atoms with van der Waals surface area (Å²) in [5, 5.41) is 4.25. The molecular formula is C16H28N4O2. The topological polar surface area (TPSA) is 50.6 Å². The Morgan fingerprint density at radius 1 is 1.36 bits per heavy atom. The minimum absolute atomic E-state index is 0.180. The third-order valence-corrected chi connectivity index (χ3v) is 4.31. The number of aromatic nitrogens is 2. The van der Waals surface area contributed by atoms with Crippen LogP contribution in [0.5, 0.6) is 0 Å². The zero-order valence-electron chi connectivity index (χ0n) is 14.2. The number of hydrogen-bond acceptors (Lipinski definition) is 5. The van der Waals surface area contributed by atoms with E-state index < -0.39 is 0 Å². The average Bonchev–Trinajstić information content (AvgIpc) is 2.85. The van der Waals surface area contributed by atoms with Crippen molar-refractivity contribution in [1.82, 2.24) is 19.6 Å². The fourth-order valence-electron chi connectivity index (χ4n) is 3.21. The highest BCUT2D eigenvalue weighted by atomic mass is 16.5. The van der Waals surface area contributed by atoms with Crippen LogP contribution in [0.25, 0.3) is 0 Å². The molecule has 0 amide bonds. The van der Waals surface area contributed by atoms with E-state index in [2.05, 4.69) is 35.7 Å². The largest absolute Gasteiger partial charge is 0.465 e. The van der Waals surface area contributed by atoms with Crippen LogP contribution in [0.2, 0.25) is 0 Å². The normalized spacial score (nSPS) is 19.3. The minimum Gasteiger partial charge on any atom is -0.465 e. The molecule has 0 atom stereocenters. The second-order valence-corrected chi connectivity index (χ2v) is 6.39. The van der Waals surface area contributed by atoms with Gasteiger partial charge in [0.05, 0.1) is 12.3 Å². The second-order valence-electron chi connectivity index (χ2n) is 6.39. The molecule has 124 valence electrons. The first-order valence-corrected chi connectivity index (χ1v) is 8.10. The molecule has 22 heavy (non-hydrogen) atoms. The number of esters is 1. The van der Waals surface area contributed by atoms with Gasteiger partial charge in [-0.05, 0) is 33.4 Å². The number of ether oxygens (including phenoxy) is 1. The van der Waals surface area contributed by atoms with Crippen molar-refractivity contribution in [2.24, 2.45) is 0 Å². The third-order valence-electron chi connectivity index (χ3n) is 4.31. The number of carbonyl (C=O) groups excluding carboxylic acids is 1. The number of piperazine rings is 1.